The first-order valence-corrected chi connectivity index (χ1v) is 10.4. The number of thioether (sulfide) groups is 1. The molecule has 9 heteroatoms. The number of hydrogen-bond acceptors (Lipinski definition) is 4. The van der Waals surface area contributed by atoms with Crippen LogP contribution in [-0.2, 0) is 0 Å². The van der Waals surface area contributed by atoms with Gasteiger partial charge in [0.05, 0.1) is 26.2 Å². The molecule has 0 fully saturated rings. The number of halogens is 3. The third-order valence-electron chi connectivity index (χ3n) is 3.83. The zero-order valence-corrected chi connectivity index (χ0v) is 17.4. The van der Waals surface area contributed by atoms with Gasteiger partial charge in [-0.05, 0) is 42.8 Å². The number of anilines is 2. The Morgan fingerprint density at radius 1 is 1.03 bits per heavy atom. The Labute approximate surface area is 179 Å². The molecule has 150 valence electrons. The van der Waals surface area contributed by atoms with E-state index in [1.807, 2.05) is 0 Å². The van der Waals surface area contributed by atoms with Gasteiger partial charge in [0.2, 0.25) is 0 Å². The van der Waals surface area contributed by atoms with E-state index in [0.717, 1.165) is 11.3 Å². The van der Waals surface area contributed by atoms with Gasteiger partial charge in [0, 0.05) is 4.90 Å². The molecule has 2 aromatic carbocycles. The first-order chi connectivity index (χ1) is 13.8. The van der Waals surface area contributed by atoms with E-state index in [1.54, 1.807) is 55.5 Å². The molecule has 2 N–H and O–H groups in total. The maximum Gasteiger partial charge on any atom is 0.288 e. The van der Waals surface area contributed by atoms with Crippen LogP contribution in [0.3, 0.4) is 0 Å². The van der Waals surface area contributed by atoms with Gasteiger partial charge in [0.15, 0.2) is 0 Å². The largest absolute Gasteiger partial charge is 0.320 e. The molecule has 0 aliphatic rings. The molecule has 3 aromatic rings. The highest BCUT2D eigenvalue weighted by Crippen LogP contribution is 2.33. The third kappa shape index (κ3) is 5.35. The van der Waals surface area contributed by atoms with Crippen molar-refractivity contribution >= 4 is 57.2 Å². The highest BCUT2D eigenvalue weighted by molar-refractivity contribution is 7.99. The zero-order valence-electron chi connectivity index (χ0n) is 15.0. The van der Waals surface area contributed by atoms with Crippen molar-refractivity contribution in [1.82, 2.24) is 0 Å². The molecule has 0 atom stereocenters. The van der Waals surface area contributed by atoms with Crippen molar-refractivity contribution in [3.8, 4) is 0 Å². The Bertz CT molecular complexity index is 1060. The van der Waals surface area contributed by atoms with Crippen LogP contribution in [0.15, 0.2) is 59.5 Å². The van der Waals surface area contributed by atoms with Gasteiger partial charge in [0.1, 0.15) is 0 Å². The monoisotopic (exact) mass is 452 g/mol. The molecule has 3 rings (SSSR count). The summed E-state index contributed by atoms with van der Waals surface area (Å²) in [6.45, 7) is 1.73. The van der Waals surface area contributed by atoms with Gasteiger partial charge in [-0.15, -0.1) is 11.3 Å². The number of aryl methyl sites for hydroxylation is 1. The summed E-state index contributed by atoms with van der Waals surface area (Å²) in [5.74, 6) is -3.42. The van der Waals surface area contributed by atoms with E-state index in [2.05, 4.69) is 10.6 Å². The zero-order chi connectivity index (χ0) is 21.0. The van der Waals surface area contributed by atoms with Crippen molar-refractivity contribution in [1.29, 1.82) is 0 Å². The molecule has 2 amide bonds. The summed E-state index contributed by atoms with van der Waals surface area (Å²) in [4.78, 5) is 25.7. The summed E-state index contributed by atoms with van der Waals surface area (Å²) < 4.78 is 25.4. The Morgan fingerprint density at radius 2 is 1.72 bits per heavy atom. The van der Waals surface area contributed by atoms with Crippen molar-refractivity contribution < 1.29 is 18.4 Å². The number of carbonyl (C=O) groups is 2. The molecule has 0 radical (unpaired) electrons. The van der Waals surface area contributed by atoms with Crippen molar-refractivity contribution in [2.75, 3.05) is 10.6 Å². The minimum Gasteiger partial charge on any atom is -0.320 e. The maximum absolute atomic E-state index is 12.7. The van der Waals surface area contributed by atoms with E-state index in [1.165, 1.54) is 6.07 Å². The van der Waals surface area contributed by atoms with Gasteiger partial charge in [-0.3, -0.25) is 9.59 Å². The molecule has 0 aliphatic carbocycles. The van der Waals surface area contributed by atoms with Crippen LogP contribution in [0.2, 0.25) is 5.02 Å². The van der Waals surface area contributed by atoms with Gasteiger partial charge in [0.25, 0.3) is 17.6 Å². The van der Waals surface area contributed by atoms with Crippen LogP contribution in [0.5, 0.6) is 0 Å². The van der Waals surface area contributed by atoms with Crippen LogP contribution in [0, 0.1) is 6.92 Å². The number of rotatable bonds is 6. The van der Waals surface area contributed by atoms with Crippen LogP contribution in [0.25, 0.3) is 0 Å². The normalized spacial score (nSPS) is 10.8. The number of carbonyl (C=O) groups excluding carboxylic acids is 2. The van der Waals surface area contributed by atoms with E-state index >= 15 is 0 Å². The molecule has 0 aliphatic heterocycles. The number of amides is 2. The number of thiophene rings is 1. The highest BCUT2D eigenvalue weighted by atomic mass is 35.5. The Morgan fingerprint density at radius 3 is 2.45 bits per heavy atom. The van der Waals surface area contributed by atoms with E-state index < -0.39 is 11.7 Å². The molecule has 0 saturated carbocycles. The van der Waals surface area contributed by atoms with E-state index in [-0.39, 0.29) is 10.8 Å². The number of para-hydroxylation sites is 1. The summed E-state index contributed by atoms with van der Waals surface area (Å²) in [6.07, 6.45) is 0. The molecule has 1 heterocycles. The van der Waals surface area contributed by atoms with Crippen LogP contribution in [0.1, 0.15) is 25.6 Å². The average Bonchev–Trinajstić information content (AvgIpc) is 3.03. The molecule has 0 unspecified atom stereocenters. The van der Waals surface area contributed by atoms with Crippen molar-refractivity contribution in [2.24, 2.45) is 0 Å². The first-order valence-electron chi connectivity index (χ1n) is 8.36. The van der Waals surface area contributed by atoms with Crippen LogP contribution in [-0.4, -0.2) is 17.6 Å². The lowest BCUT2D eigenvalue weighted by molar-refractivity contribution is 0.102. The van der Waals surface area contributed by atoms with E-state index in [0.29, 0.717) is 43.5 Å². The SMILES string of the molecule is Cc1cc(NC(=O)c2ccccc2Cl)sc1C(=O)Nc1ccccc1SC(F)F. The van der Waals surface area contributed by atoms with Gasteiger partial charge < -0.3 is 10.6 Å². The van der Waals surface area contributed by atoms with Crippen LogP contribution < -0.4 is 10.6 Å². The Hall–Kier alpha value is -2.42. The van der Waals surface area contributed by atoms with Crippen LogP contribution in [0.4, 0.5) is 19.5 Å². The second-order valence-electron chi connectivity index (χ2n) is 5.89. The fraction of sp³-hybridized carbons (Fsp3) is 0.100. The minimum atomic E-state index is -2.59. The number of hydrogen-bond donors (Lipinski definition) is 2. The van der Waals surface area contributed by atoms with Crippen molar-refractivity contribution in [3.63, 3.8) is 0 Å². The van der Waals surface area contributed by atoms with Gasteiger partial charge in [-0.25, -0.2) is 0 Å². The van der Waals surface area contributed by atoms with E-state index in [9.17, 15) is 18.4 Å². The maximum atomic E-state index is 12.7. The molecule has 1 aromatic heterocycles. The van der Waals surface area contributed by atoms with Gasteiger partial charge in [-0.1, -0.05) is 47.6 Å². The fourth-order valence-corrected chi connectivity index (χ4v) is 4.32. The Balaban J connectivity index is 1.76. The predicted molar refractivity (Wildman–Crippen MR) is 115 cm³/mol. The molecule has 29 heavy (non-hydrogen) atoms. The first kappa shape index (κ1) is 21.3. The summed E-state index contributed by atoms with van der Waals surface area (Å²) in [7, 11) is 0. The van der Waals surface area contributed by atoms with Gasteiger partial charge >= 0.3 is 0 Å². The number of nitrogens with one attached hydrogen (secondary N) is 2. The molecule has 0 bridgehead atoms. The fourth-order valence-electron chi connectivity index (χ4n) is 2.54. The number of alkyl halides is 2. The third-order valence-corrected chi connectivity index (χ3v) is 6.10. The molecular formula is C20H15ClF2N2O2S2. The van der Waals surface area contributed by atoms with Crippen molar-refractivity contribution in [2.45, 2.75) is 17.6 Å². The second-order valence-corrected chi connectivity index (χ2v) is 8.38. The lowest BCUT2D eigenvalue weighted by Crippen LogP contribution is -2.12. The van der Waals surface area contributed by atoms with Crippen LogP contribution >= 0.6 is 34.7 Å². The lowest BCUT2D eigenvalue weighted by Gasteiger charge is -2.10. The van der Waals surface area contributed by atoms with E-state index in [4.69, 9.17) is 11.6 Å². The summed E-state index contributed by atoms with van der Waals surface area (Å²) in [5.41, 5.74) is 1.28. The minimum absolute atomic E-state index is 0.275. The quantitative estimate of drug-likeness (QED) is 0.418. The molecule has 0 saturated heterocycles. The second kappa shape index (κ2) is 9.39. The molecule has 0 spiro atoms. The average molecular weight is 453 g/mol. The standard InChI is InChI=1S/C20H15ClF2N2O2S2/c1-11-10-16(25-18(26)12-6-2-3-7-13(12)21)29-17(11)19(27)24-14-8-4-5-9-15(14)28-20(22)23/h2-10,20H,1H3,(H,24,27)(H,25,26). The highest BCUT2D eigenvalue weighted by Gasteiger charge is 2.18. The van der Waals surface area contributed by atoms with Gasteiger partial charge in [-0.2, -0.15) is 8.78 Å². The molecule has 4 nitrogen and oxygen atoms in total. The smallest absolute Gasteiger partial charge is 0.288 e. The summed E-state index contributed by atoms with van der Waals surface area (Å²) in [5, 5.41) is 6.20. The topological polar surface area (TPSA) is 58.2 Å². The Kier molecular flexibility index (Phi) is 6.89. The summed E-state index contributed by atoms with van der Waals surface area (Å²) >= 11 is 7.49. The van der Waals surface area contributed by atoms with Crippen molar-refractivity contribution in [3.05, 3.63) is 75.6 Å². The predicted octanol–water partition coefficient (Wildman–Crippen LogP) is 6.53. The lowest BCUT2D eigenvalue weighted by atomic mass is 10.2. The number of benzene rings is 2. The summed E-state index contributed by atoms with van der Waals surface area (Å²) in [6, 6.07) is 14.7. The molecular weight excluding hydrogens is 438 g/mol.